The maximum atomic E-state index is 13.7. The first-order chi connectivity index (χ1) is 19.4. The Balaban J connectivity index is 1.42. The number of benzene rings is 3. The van der Waals surface area contributed by atoms with E-state index in [-0.39, 0.29) is 12.2 Å². The smallest absolute Gasteiger partial charge is 0.338 e. The van der Waals surface area contributed by atoms with Gasteiger partial charge in [-0.2, -0.15) is 0 Å². The van der Waals surface area contributed by atoms with Crippen LogP contribution in [0.2, 0.25) is 0 Å². The molecule has 0 amide bonds. The van der Waals surface area contributed by atoms with Gasteiger partial charge in [-0.15, -0.1) is 0 Å². The summed E-state index contributed by atoms with van der Waals surface area (Å²) in [7, 11) is 0. The molecule has 7 nitrogen and oxygen atoms in total. The van der Waals surface area contributed by atoms with Crippen LogP contribution in [0.1, 0.15) is 36.6 Å². The Morgan fingerprint density at radius 1 is 0.950 bits per heavy atom. The highest BCUT2D eigenvalue weighted by Gasteiger charge is 2.33. The molecule has 0 aliphatic carbocycles. The topological polar surface area (TPSA) is 79.1 Å². The third kappa shape index (κ3) is 5.92. The zero-order chi connectivity index (χ0) is 28.1. The van der Waals surface area contributed by atoms with E-state index >= 15 is 0 Å². The maximum absolute atomic E-state index is 13.7. The van der Waals surface area contributed by atoms with Gasteiger partial charge in [-0.1, -0.05) is 71.5 Å². The summed E-state index contributed by atoms with van der Waals surface area (Å²) in [6.07, 6.45) is 1.82. The molecular weight excluding hydrogens is 524 g/mol. The summed E-state index contributed by atoms with van der Waals surface area (Å²) in [6.45, 7) is 6.60. The summed E-state index contributed by atoms with van der Waals surface area (Å²) in [5.41, 5.74) is 3.51. The molecule has 0 N–H and O–H groups in total. The number of allylic oxidation sites excluding steroid dienone is 1. The molecule has 8 heteroatoms. The molecule has 0 fully saturated rings. The maximum Gasteiger partial charge on any atom is 0.338 e. The monoisotopic (exact) mass is 554 g/mol. The van der Waals surface area contributed by atoms with Crippen molar-refractivity contribution in [2.24, 2.45) is 4.99 Å². The van der Waals surface area contributed by atoms with Crippen molar-refractivity contribution in [2.75, 3.05) is 19.8 Å². The lowest BCUT2D eigenvalue weighted by molar-refractivity contribution is -0.139. The Bertz CT molecular complexity index is 1720. The number of fused-ring (bicyclic) bond motifs is 1. The lowest BCUT2D eigenvalue weighted by atomic mass is 9.96. The molecule has 0 saturated carbocycles. The molecule has 0 spiro atoms. The van der Waals surface area contributed by atoms with Gasteiger partial charge in [-0.05, 0) is 62.2 Å². The van der Waals surface area contributed by atoms with E-state index < -0.39 is 12.0 Å². The number of hydrogen-bond acceptors (Lipinski definition) is 7. The van der Waals surface area contributed by atoms with Crippen LogP contribution in [0.3, 0.4) is 0 Å². The van der Waals surface area contributed by atoms with Crippen LogP contribution in [-0.2, 0) is 9.53 Å². The van der Waals surface area contributed by atoms with Crippen molar-refractivity contribution in [3.05, 3.63) is 127 Å². The van der Waals surface area contributed by atoms with Gasteiger partial charge in [0.05, 0.1) is 28.5 Å². The number of hydrogen-bond donors (Lipinski definition) is 0. The van der Waals surface area contributed by atoms with Crippen molar-refractivity contribution in [2.45, 2.75) is 26.8 Å². The Morgan fingerprint density at radius 3 is 2.40 bits per heavy atom. The fourth-order valence-electron chi connectivity index (χ4n) is 4.54. The van der Waals surface area contributed by atoms with E-state index in [1.807, 2.05) is 91.9 Å². The highest BCUT2D eigenvalue weighted by molar-refractivity contribution is 7.07. The number of aromatic nitrogens is 1. The van der Waals surface area contributed by atoms with E-state index in [0.29, 0.717) is 39.6 Å². The van der Waals surface area contributed by atoms with E-state index in [9.17, 15) is 9.59 Å². The summed E-state index contributed by atoms with van der Waals surface area (Å²) >= 11 is 1.29. The molecule has 0 bridgehead atoms. The van der Waals surface area contributed by atoms with Crippen LogP contribution in [0.5, 0.6) is 11.5 Å². The number of ether oxygens (including phenoxy) is 3. The molecule has 0 radical (unpaired) electrons. The van der Waals surface area contributed by atoms with Crippen molar-refractivity contribution >= 4 is 23.4 Å². The molecule has 0 unspecified atom stereocenters. The van der Waals surface area contributed by atoms with E-state index in [1.54, 1.807) is 18.4 Å². The second kappa shape index (κ2) is 12.2. The summed E-state index contributed by atoms with van der Waals surface area (Å²) < 4.78 is 19.1. The number of rotatable bonds is 9. The van der Waals surface area contributed by atoms with Crippen LogP contribution in [0, 0.1) is 6.92 Å². The minimum absolute atomic E-state index is 0.218. The van der Waals surface area contributed by atoms with Crippen molar-refractivity contribution in [3.8, 4) is 11.5 Å². The van der Waals surface area contributed by atoms with Gasteiger partial charge in [-0.25, -0.2) is 9.79 Å². The zero-order valence-electron chi connectivity index (χ0n) is 22.6. The van der Waals surface area contributed by atoms with Crippen molar-refractivity contribution in [1.29, 1.82) is 0 Å². The number of carbonyl (C=O) groups excluding carboxylic acids is 1. The van der Waals surface area contributed by atoms with Gasteiger partial charge >= 0.3 is 5.97 Å². The van der Waals surface area contributed by atoms with Gasteiger partial charge in [0.2, 0.25) is 0 Å². The summed E-state index contributed by atoms with van der Waals surface area (Å²) in [4.78, 5) is 31.9. The van der Waals surface area contributed by atoms with Crippen LogP contribution in [-0.4, -0.2) is 30.4 Å². The van der Waals surface area contributed by atoms with E-state index in [1.165, 1.54) is 16.9 Å². The van der Waals surface area contributed by atoms with Gasteiger partial charge in [0.1, 0.15) is 24.7 Å². The molecule has 4 aromatic rings. The van der Waals surface area contributed by atoms with Gasteiger partial charge in [0, 0.05) is 0 Å². The van der Waals surface area contributed by atoms with Crippen LogP contribution in [0.15, 0.2) is 99.9 Å². The molecule has 5 rings (SSSR count). The summed E-state index contributed by atoms with van der Waals surface area (Å²) in [5, 5.41) is 0. The van der Waals surface area contributed by atoms with Crippen LogP contribution in [0.25, 0.3) is 6.08 Å². The fraction of sp³-hybridized carbons (Fsp3) is 0.219. The predicted octanol–water partition coefficient (Wildman–Crippen LogP) is 4.56. The molecule has 3 aromatic carbocycles. The molecule has 1 aliphatic heterocycles. The molecule has 1 atom stereocenters. The lowest BCUT2D eigenvalue weighted by Gasteiger charge is -2.24. The van der Waals surface area contributed by atoms with Crippen molar-refractivity contribution in [3.63, 3.8) is 0 Å². The first kappa shape index (κ1) is 27.1. The largest absolute Gasteiger partial charge is 0.490 e. The second-order valence-electron chi connectivity index (χ2n) is 9.30. The number of carbonyl (C=O) groups is 1. The number of thiazole rings is 1. The highest BCUT2D eigenvalue weighted by Crippen LogP contribution is 2.30. The van der Waals surface area contributed by atoms with Crippen molar-refractivity contribution < 1.29 is 19.0 Å². The van der Waals surface area contributed by atoms with Gasteiger partial charge in [-0.3, -0.25) is 9.36 Å². The quantitative estimate of drug-likeness (QED) is 0.224. The normalized spacial score (nSPS) is 14.9. The standard InChI is InChI=1S/C32H30N2O5S/c1-4-37-31(36)28-22(3)33-32-34(29(28)24-10-6-5-7-11-24)30(35)27(40-32)20-23-9-8-12-26(19-23)39-18-17-38-25-15-13-21(2)14-16-25/h5-16,19-20,29H,4,17-18H2,1-3H3/b27-20+/t29-/m1/s1. The van der Waals surface area contributed by atoms with E-state index in [4.69, 9.17) is 14.2 Å². The molecule has 1 aliphatic rings. The molecule has 1 aromatic heterocycles. The van der Waals surface area contributed by atoms with Gasteiger partial charge < -0.3 is 14.2 Å². The van der Waals surface area contributed by atoms with E-state index in [0.717, 1.165) is 16.9 Å². The average Bonchev–Trinajstić information content (AvgIpc) is 3.26. The summed E-state index contributed by atoms with van der Waals surface area (Å²) in [5.74, 6) is 1.01. The zero-order valence-corrected chi connectivity index (χ0v) is 23.4. The summed E-state index contributed by atoms with van der Waals surface area (Å²) in [6, 6.07) is 24.3. The number of aryl methyl sites for hydroxylation is 1. The average molecular weight is 555 g/mol. The Labute approximate surface area is 236 Å². The Hall–Kier alpha value is -4.43. The van der Waals surface area contributed by atoms with Crippen LogP contribution in [0.4, 0.5) is 0 Å². The minimum atomic E-state index is -0.623. The SMILES string of the molecule is CCOC(=O)C1=C(C)N=c2s/c(=C/c3cccc(OCCOc4ccc(C)cc4)c3)c(=O)n2[C@@H]1c1ccccc1. The van der Waals surface area contributed by atoms with Crippen LogP contribution < -0.4 is 24.4 Å². The number of esters is 1. The van der Waals surface area contributed by atoms with Gasteiger partial charge in [0.25, 0.3) is 5.56 Å². The molecule has 204 valence electrons. The highest BCUT2D eigenvalue weighted by atomic mass is 32.1. The molecule has 40 heavy (non-hydrogen) atoms. The first-order valence-electron chi connectivity index (χ1n) is 13.1. The molecule has 0 saturated heterocycles. The predicted molar refractivity (Wildman–Crippen MR) is 155 cm³/mol. The molecule has 2 heterocycles. The first-order valence-corrected chi connectivity index (χ1v) is 13.9. The molecular formula is C32H30N2O5S. The Morgan fingerprint density at radius 2 is 1.68 bits per heavy atom. The second-order valence-corrected chi connectivity index (χ2v) is 10.3. The lowest BCUT2D eigenvalue weighted by Crippen LogP contribution is -2.39. The van der Waals surface area contributed by atoms with Gasteiger partial charge in [0.15, 0.2) is 4.80 Å². The van der Waals surface area contributed by atoms with E-state index in [2.05, 4.69) is 4.99 Å². The Kier molecular flexibility index (Phi) is 8.26. The fourth-order valence-corrected chi connectivity index (χ4v) is 5.59. The third-order valence-electron chi connectivity index (χ3n) is 6.43. The number of nitrogens with zero attached hydrogens (tertiary/aromatic N) is 2. The van der Waals surface area contributed by atoms with Crippen LogP contribution >= 0.6 is 11.3 Å². The third-order valence-corrected chi connectivity index (χ3v) is 7.41. The van der Waals surface area contributed by atoms with Crippen molar-refractivity contribution in [1.82, 2.24) is 4.57 Å². The minimum Gasteiger partial charge on any atom is -0.490 e.